The summed E-state index contributed by atoms with van der Waals surface area (Å²) < 4.78 is 6.45. The molecule has 0 fully saturated rings. The quantitative estimate of drug-likeness (QED) is 0.640. The van der Waals surface area contributed by atoms with E-state index >= 15 is 0 Å². The summed E-state index contributed by atoms with van der Waals surface area (Å²) in [7, 11) is 1.27. The van der Waals surface area contributed by atoms with Crippen LogP contribution >= 0.6 is 11.3 Å². The first-order valence-electron chi connectivity index (χ1n) is 6.08. The Labute approximate surface area is 120 Å². The fraction of sp³-hybridized carbons (Fsp3) is 0.385. The summed E-state index contributed by atoms with van der Waals surface area (Å²) in [6.07, 6.45) is 3.51. The van der Waals surface area contributed by atoms with Crippen molar-refractivity contribution in [3.63, 3.8) is 0 Å². The highest BCUT2D eigenvalue weighted by atomic mass is 32.1. The molecular weight excluding hydrogens is 278 g/mol. The molecule has 2 aromatic heterocycles. The van der Waals surface area contributed by atoms with Crippen LogP contribution in [0.4, 0.5) is 0 Å². The molecule has 0 aromatic carbocycles. The number of rotatable bonds is 4. The monoisotopic (exact) mass is 293 g/mol. The van der Waals surface area contributed by atoms with Gasteiger partial charge in [-0.05, 0) is 13.8 Å². The van der Waals surface area contributed by atoms with Gasteiger partial charge in [0.1, 0.15) is 9.88 Å². The van der Waals surface area contributed by atoms with Gasteiger partial charge in [-0.2, -0.15) is 5.10 Å². The predicted octanol–water partition coefficient (Wildman–Crippen LogP) is 2.58. The number of hydrogen-bond donors (Lipinski definition) is 0. The molecule has 2 heterocycles. The van der Waals surface area contributed by atoms with Gasteiger partial charge < -0.3 is 4.74 Å². The lowest BCUT2D eigenvalue weighted by molar-refractivity contribution is 0.0591. The van der Waals surface area contributed by atoms with Gasteiger partial charge in [-0.1, -0.05) is 0 Å². The van der Waals surface area contributed by atoms with E-state index in [9.17, 15) is 9.59 Å². The summed E-state index contributed by atoms with van der Waals surface area (Å²) in [6.45, 7) is 5.43. The third-order valence-corrected chi connectivity index (χ3v) is 3.91. The lowest BCUT2D eigenvalue weighted by atomic mass is 10.3. The van der Waals surface area contributed by atoms with Gasteiger partial charge in [-0.15, -0.1) is 11.3 Å². The van der Waals surface area contributed by atoms with E-state index in [0.29, 0.717) is 9.88 Å². The van der Waals surface area contributed by atoms with Gasteiger partial charge in [0.25, 0.3) is 0 Å². The number of carbonyl (C=O) groups excluding carboxylic acids is 2. The maximum Gasteiger partial charge on any atom is 0.358 e. The second-order valence-corrected chi connectivity index (χ2v) is 5.55. The molecule has 0 aliphatic heterocycles. The number of Topliss-reactive ketones (excluding diaryl/α,β-unsaturated/α-hetero) is 1. The van der Waals surface area contributed by atoms with Crippen LogP contribution < -0.4 is 0 Å². The fourth-order valence-electron chi connectivity index (χ4n) is 1.65. The predicted molar refractivity (Wildman–Crippen MR) is 75.1 cm³/mol. The van der Waals surface area contributed by atoms with E-state index in [-0.39, 0.29) is 17.5 Å². The van der Waals surface area contributed by atoms with E-state index in [1.165, 1.54) is 25.4 Å². The first-order valence-corrected chi connectivity index (χ1v) is 6.90. The summed E-state index contributed by atoms with van der Waals surface area (Å²) in [6, 6.07) is 0.232. The van der Waals surface area contributed by atoms with Crippen molar-refractivity contribution in [1.82, 2.24) is 14.8 Å². The maximum atomic E-state index is 11.6. The average molecular weight is 293 g/mol. The van der Waals surface area contributed by atoms with Crippen LogP contribution in [0.15, 0.2) is 12.4 Å². The summed E-state index contributed by atoms with van der Waals surface area (Å²) >= 11 is 1.17. The maximum absolute atomic E-state index is 11.6. The first-order chi connectivity index (χ1) is 9.43. The molecule has 106 valence electrons. The molecule has 0 spiro atoms. The standard InChI is InChI=1S/C13H15N3O3S/c1-7(2)16-6-9(5-14-16)12-15-10(13(18)19-4)11(20-12)8(3)17/h5-7H,1-4H3. The Morgan fingerprint density at radius 1 is 1.40 bits per heavy atom. The Bertz CT molecular complexity index is 658. The Morgan fingerprint density at radius 3 is 2.60 bits per heavy atom. The van der Waals surface area contributed by atoms with Gasteiger partial charge in [0.2, 0.25) is 0 Å². The molecule has 0 saturated carbocycles. The molecule has 0 N–H and O–H groups in total. The second kappa shape index (κ2) is 5.54. The molecule has 0 aliphatic carbocycles. The van der Waals surface area contributed by atoms with Crippen LogP contribution in [0.3, 0.4) is 0 Å². The normalized spacial score (nSPS) is 10.8. The van der Waals surface area contributed by atoms with Crippen molar-refractivity contribution in [2.24, 2.45) is 0 Å². The van der Waals surface area contributed by atoms with Crippen molar-refractivity contribution in [1.29, 1.82) is 0 Å². The number of esters is 1. The molecule has 6 nitrogen and oxygen atoms in total. The van der Waals surface area contributed by atoms with Gasteiger partial charge in [0, 0.05) is 24.7 Å². The average Bonchev–Trinajstić information content (AvgIpc) is 3.03. The Hall–Kier alpha value is -2.02. The molecule has 2 aromatic rings. The molecule has 0 atom stereocenters. The molecule has 7 heteroatoms. The fourth-order valence-corrected chi connectivity index (χ4v) is 2.57. The highest BCUT2D eigenvalue weighted by molar-refractivity contribution is 7.17. The summed E-state index contributed by atoms with van der Waals surface area (Å²) in [4.78, 5) is 27.8. The third-order valence-electron chi connectivity index (χ3n) is 2.70. The smallest absolute Gasteiger partial charge is 0.358 e. The Morgan fingerprint density at radius 2 is 2.10 bits per heavy atom. The molecule has 0 aliphatic rings. The minimum atomic E-state index is -0.603. The van der Waals surface area contributed by atoms with Gasteiger partial charge >= 0.3 is 5.97 Å². The summed E-state index contributed by atoms with van der Waals surface area (Å²) in [5, 5.41) is 4.81. The molecule has 0 amide bonds. The molecule has 20 heavy (non-hydrogen) atoms. The number of aromatic nitrogens is 3. The van der Waals surface area contributed by atoms with Gasteiger partial charge in [-0.25, -0.2) is 9.78 Å². The SMILES string of the molecule is COC(=O)c1nc(-c2cnn(C(C)C)c2)sc1C(C)=O. The van der Waals surface area contributed by atoms with Crippen molar-refractivity contribution in [2.75, 3.05) is 7.11 Å². The van der Waals surface area contributed by atoms with Crippen LogP contribution in [0.1, 0.15) is 47.0 Å². The largest absolute Gasteiger partial charge is 0.464 e. The molecule has 0 radical (unpaired) electrons. The van der Waals surface area contributed by atoms with Crippen LogP contribution in [0, 0.1) is 0 Å². The van der Waals surface area contributed by atoms with Crippen molar-refractivity contribution in [3.05, 3.63) is 23.0 Å². The van der Waals surface area contributed by atoms with Crippen LogP contribution in [-0.4, -0.2) is 33.6 Å². The lowest BCUT2D eigenvalue weighted by Gasteiger charge is -2.02. The molecule has 0 unspecified atom stereocenters. The number of hydrogen-bond acceptors (Lipinski definition) is 6. The number of methoxy groups -OCH3 is 1. The zero-order valence-corrected chi connectivity index (χ0v) is 12.5. The highest BCUT2D eigenvalue weighted by Crippen LogP contribution is 2.29. The Kier molecular flexibility index (Phi) is 3.99. The molecular formula is C13H15N3O3S. The van der Waals surface area contributed by atoms with E-state index in [1.54, 1.807) is 10.9 Å². The topological polar surface area (TPSA) is 74.1 Å². The van der Waals surface area contributed by atoms with Crippen molar-refractivity contribution >= 4 is 23.1 Å². The molecule has 0 bridgehead atoms. The van der Waals surface area contributed by atoms with E-state index in [0.717, 1.165) is 5.56 Å². The molecule has 0 saturated heterocycles. The number of carbonyl (C=O) groups is 2. The van der Waals surface area contributed by atoms with E-state index in [4.69, 9.17) is 0 Å². The van der Waals surface area contributed by atoms with Crippen LogP contribution in [-0.2, 0) is 4.74 Å². The van der Waals surface area contributed by atoms with Crippen LogP contribution in [0.2, 0.25) is 0 Å². The summed E-state index contributed by atoms with van der Waals surface area (Å²) in [5.74, 6) is -0.806. The first kappa shape index (κ1) is 14.4. The zero-order chi connectivity index (χ0) is 14.9. The number of ether oxygens (including phenoxy) is 1. The van der Waals surface area contributed by atoms with Gasteiger partial charge in [-0.3, -0.25) is 9.48 Å². The number of ketones is 1. The Balaban J connectivity index is 2.47. The van der Waals surface area contributed by atoms with Crippen LogP contribution in [0.5, 0.6) is 0 Å². The van der Waals surface area contributed by atoms with E-state index in [2.05, 4.69) is 14.8 Å². The van der Waals surface area contributed by atoms with Gasteiger partial charge in [0.15, 0.2) is 11.5 Å². The van der Waals surface area contributed by atoms with Gasteiger partial charge in [0.05, 0.1) is 13.3 Å². The van der Waals surface area contributed by atoms with Crippen LogP contribution in [0.25, 0.3) is 10.6 Å². The number of nitrogens with zero attached hydrogens (tertiary/aromatic N) is 3. The second-order valence-electron chi connectivity index (χ2n) is 4.55. The summed E-state index contributed by atoms with van der Waals surface area (Å²) in [5.41, 5.74) is 0.846. The van der Waals surface area contributed by atoms with E-state index < -0.39 is 5.97 Å². The molecule has 2 rings (SSSR count). The highest BCUT2D eigenvalue weighted by Gasteiger charge is 2.22. The minimum absolute atomic E-state index is 0.0669. The van der Waals surface area contributed by atoms with E-state index in [1.807, 2.05) is 20.0 Å². The zero-order valence-electron chi connectivity index (χ0n) is 11.7. The number of thiazole rings is 1. The third kappa shape index (κ3) is 2.62. The van der Waals surface area contributed by atoms with Crippen molar-refractivity contribution in [3.8, 4) is 10.6 Å². The lowest BCUT2D eigenvalue weighted by Crippen LogP contribution is -2.06. The van der Waals surface area contributed by atoms with Crippen molar-refractivity contribution < 1.29 is 14.3 Å². The minimum Gasteiger partial charge on any atom is -0.464 e. The van der Waals surface area contributed by atoms with Crippen molar-refractivity contribution in [2.45, 2.75) is 26.8 Å².